The Kier molecular flexibility index (Phi) is 5.28. The molecule has 1 amide bonds. The van der Waals surface area contributed by atoms with E-state index >= 15 is 0 Å². The van der Waals surface area contributed by atoms with E-state index in [2.05, 4.69) is 10.1 Å². The van der Waals surface area contributed by atoms with Gasteiger partial charge in [-0.3, -0.25) is 24.5 Å². The number of aryl methyl sites for hydroxylation is 2. The molecule has 0 aliphatic heterocycles. The van der Waals surface area contributed by atoms with Crippen molar-refractivity contribution in [2.24, 2.45) is 0 Å². The molecule has 0 aliphatic rings. The molecular formula is C21H19N5O3S. The molecule has 0 spiro atoms. The predicted molar refractivity (Wildman–Crippen MR) is 116 cm³/mol. The van der Waals surface area contributed by atoms with Crippen LogP contribution in [0.3, 0.4) is 0 Å². The molecule has 0 N–H and O–H groups in total. The second-order valence-corrected chi connectivity index (χ2v) is 7.89. The van der Waals surface area contributed by atoms with Gasteiger partial charge in [-0.05, 0) is 38.1 Å². The van der Waals surface area contributed by atoms with Crippen molar-refractivity contribution in [2.45, 2.75) is 20.4 Å². The van der Waals surface area contributed by atoms with Crippen molar-refractivity contribution in [1.82, 2.24) is 14.8 Å². The topological polar surface area (TPSA) is 94.2 Å². The summed E-state index contributed by atoms with van der Waals surface area (Å²) in [6.07, 6.45) is 0. The highest BCUT2D eigenvalue weighted by Gasteiger charge is 2.23. The summed E-state index contributed by atoms with van der Waals surface area (Å²) in [7, 11) is 0. The second kappa shape index (κ2) is 8.03. The Morgan fingerprint density at radius 3 is 2.67 bits per heavy atom. The van der Waals surface area contributed by atoms with Crippen molar-refractivity contribution >= 4 is 38.3 Å². The van der Waals surface area contributed by atoms with Crippen molar-refractivity contribution in [3.63, 3.8) is 0 Å². The quantitative estimate of drug-likeness (QED) is 0.340. The summed E-state index contributed by atoms with van der Waals surface area (Å²) < 4.78 is 2.81. The van der Waals surface area contributed by atoms with Crippen molar-refractivity contribution in [1.29, 1.82) is 0 Å². The molecule has 0 unspecified atom stereocenters. The molecule has 30 heavy (non-hydrogen) atoms. The number of nitro groups is 1. The number of anilines is 1. The molecule has 0 bridgehead atoms. The van der Waals surface area contributed by atoms with Crippen LogP contribution in [0.5, 0.6) is 0 Å². The summed E-state index contributed by atoms with van der Waals surface area (Å²) >= 11 is 1.41. The molecule has 2 aromatic carbocycles. The fourth-order valence-corrected chi connectivity index (χ4v) is 4.25. The first kappa shape index (κ1) is 19.7. The monoisotopic (exact) mass is 421 g/mol. The van der Waals surface area contributed by atoms with E-state index in [4.69, 9.17) is 0 Å². The highest BCUT2D eigenvalue weighted by atomic mass is 32.1. The third-order valence-electron chi connectivity index (χ3n) is 4.70. The normalized spacial score (nSPS) is 11.0. The standard InChI is InChI=1S/C21H19N5O3S/c1-14-12-15(2)25(23-14)11-10-24(21-22-18-8-3-4-9-19(18)30-21)20(27)16-6-5-7-17(13-16)26(28)29/h3-9,12-13H,10-11H2,1-2H3. The van der Waals surface area contributed by atoms with E-state index in [0.717, 1.165) is 21.6 Å². The van der Waals surface area contributed by atoms with E-state index in [0.29, 0.717) is 18.2 Å². The lowest BCUT2D eigenvalue weighted by molar-refractivity contribution is -0.384. The highest BCUT2D eigenvalue weighted by Crippen LogP contribution is 2.30. The number of nitro benzene ring substituents is 1. The number of thiazole rings is 1. The van der Waals surface area contributed by atoms with Gasteiger partial charge in [0.2, 0.25) is 0 Å². The molecule has 4 rings (SSSR count). The third kappa shape index (κ3) is 3.92. The van der Waals surface area contributed by atoms with Gasteiger partial charge in [-0.25, -0.2) is 4.98 Å². The maximum atomic E-state index is 13.3. The largest absolute Gasteiger partial charge is 0.282 e. The lowest BCUT2D eigenvalue weighted by Gasteiger charge is -2.20. The molecule has 0 radical (unpaired) electrons. The van der Waals surface area contributed by atoms with Gasteiger partial charge in [0.1, 0.15) is 0 Å². The lowest BCUT2D eigenvalue weighted by atomic mass is 10.2. The Hall–Kier alpha value is -3.59. The van der Waals surface area contributed by atoms with Crippen LogP contribution < -0.4 is 4.90 Å². The van der Waals surface area contributed by atoms with Crippen molar-refractivity contribution in [3.8, 4) is 0 Å². The van der Waals surface area contributed by atoms with Gasteiger partial charge in [-0.1, -0.05) is 29.5 Å². The fraction of sp³-hybridized carbons (Fsp3) is 0.190. The van der Waals surface area contributed by atoms with E-state index in [1.165, 1.54) is 29.5 Å². The maximum Gasteiger partial charge on any atom is 0.270 e. The Morgan fingerprint density at radius 1 is 1.17 bits per heavy atom. The van der Waals surface area contributed by atoms with Crippen LogP contribution >= 0.6 is 11.3 Å². The van der Waals surface area contributed by atoms with E-state index < -0.39 is 4.92 Å². The van der Waals surface area contributed by atoms with Gasteiger partial charge in [0, 0.05) is 29.9 Å². The first-order valence-corrected chi connectivity index (χ1v) is 10.2. The number of para-hydroxylation sites is 1. The minimum atomic E-state index is -0.505. The van der Waals surface area contributed by atoms with Crippen LogP contribution in [0.15, 0.2) is 54.6 Å². The minimum absolute atomic E-state index is 0.122. The predicted octanol–water partition coefficient (Wildman–Crippen LogP) is 4.36. The number of fused-ring (bicyclic) bond motifs is 1. The molecule has 0 aliphatic carbocycles. The van der Waals surface area contributed by atoms with Gasteiger partial charge >= 0.3 is 0 Å². The molecule has 8 nitrogen and oxygen atoms in total. The fourth-order valence-electron chi connectivity index (χ4n) is 3.26. The number of hydrogen-bond donors (Lipinski definition) is 0. The molecule has 2 aromatic heterocycles. The summed E-state index contributed by atoms with van der Waals surface area (Å²) in [6, 6.07) is 15.4. The Morgan fingerprint density at radius 2 is 1.97 bits per heavy atom. The highest BCUT2D eigenvalue weighted by molar-refractivity contribution is 7.22. The number of hydrogen-bond acceptors (Lipinski definition) is 6. The lowest BCUT2D eigenvalue weighted by Crippen LogP contribution is -2.34. The molecule has 4 aromatic rings. The Balaban J connectivity index is 1.70. The molecule has 0 saturated carbocycles. The molecule has 0 atom stereocenters. The molecule has 0 saturated heterocycles. The Labute approximate surface area is 176 Å². The smallest absolute Gasteiger partial charge is 0.270 e. The van der Waals surface area contributed by atoms with Crippen LogP contribution in [0.1, 0.15) is 21.7 Å². The van der Waals surface area contributed by atoms with Crippen molar-refractivity contribution < 1.29 is 9.72 Å². The van der Waals surface area contributed by atoms with Gasteiger partial charge in [0.15, 0.2) is 5.13 Å². The number of amides is 1. The second-order valence-electron chi connectivity index (χ2n) is 6.88. The first-order valence-electron chi connectivity index (χ1n) is 9.35. The number of rotatable bonds is 6. The third-order valence-corrected chi connectivity index (χ3v) is 5.76. The number of carbonyl (C=O) groups excluding carboxylic acids is 1. The van der Waals surface area contributed by atoms with E-state index in [1.807, 2.05) is 48.9 Å². The van der Waals surface area contributed by atoms with Gasteiger partial charge < -0.3 is 0 Å². The summed E-state index contributed by atoms with van der Waals surface area (Å²) in [5.41, 5.74) is 2.84. The molecular weight excluding hydrogens is 402 g/mol. The number of non-ortho nitro benzene ring substituents is 1. The van der Waals surface area contributed by atoms with Gasteiger partial charge in [0.25, 0.3) is 11.6 Å². The van der Waals surface area contributed by atoms with Crippen molar-refractivity contribution in [2.75, 3.05) is 11.4 Å². The number of benzene rings is 2. The zero-order valence-electron chi connectivity index (χ0n) is 16.5. The molecule has 2 heterocycles. The van der Waals surface area contributed by atoms with Crippen LogP contribution in [0.2, 0.25) is 0 Å². The summed E-state index contributed by atoms with van der Waals surface area (Å²) in [5.74, 6) is -0.334. The van der Waals surface area contributed by atoms with Crippen LogP contribution in [-0.2, 0) is 6.54 Å². The SMILES string of the molecule is Cc1cc(C)n(CCN(C(=O)c2cccc([N+](=O)[O-])c2)c2nc3ccccc3s2)n1. The van der Waals surface area contributed by atoms with Crippen molar-refractivity contribution in [3.05, 3.63) is 81.7 Å². The first-order chi connectivity index (χ1) is 14.4. The van der Waals surface area contributed by atoms with Crippen LogP contribution in [0, 0.1) is 24.0 Å². The summed E-state index contributed by atoms with van der Waals surface area (Å²) in [4.78, 5) is 30.2. The zero-order valence-corrected chi connectivity index (χ0v) is 17.3. The van der Waals surface area contributed by atoms with Crippen LogP contribution in [0.4, 0.5) is 10.8 Å². The minimum Gasteiger partial charge on any atom is -0.282 e. The molecule has 0 fully saturated rings. The zero-order chi connectivity index (χ0) is 21.3. The van der Waals surface area contributed by atoms with E-state index in [-0.39, 0.29) is 17.2 Å². The summed E-state index contributed by atoms with van der Waals surface area (Å²) in [6.45, 7) is 4.70. The Bertz CT molecular complexity index is 1210. The van der Waals surface area contributed by atoms with E-state index in [9.17, 15) is 14.9 Å². The molecule has 9 heteroatoms. The van der Waals surface area contributed by atoms with Gasteiger partial charge in [-0.15, -0.1) is 0 Å². The number of aromatic nitrogens is 3. The average Bonchev–Trinajstić information content (AvgIpc) is 3.30. The van der Waals surface area contributed by atoms with Gasteiger partial charge in [-0.2, -0.15) is 5.10 Å². The summed E-state index contributed by atoms with van der Waals surface area (Å²) in [5, 5.41) is 16.2. The maximum absolute atomic E-state index is 13.3. The average molecular weight is 421 g/mol. The number of nitrogens with zero attached hydrogens (tertiary/aromatic N) is 5. The number of carbonyl (C=O) groups is 1. The van der Waals surface area contributed by atoms with Crippen LogP contribution in [-0.4, -0.2) is 32.1 Å². The molecule has 152 valence electrons. The van der Waals surface area contributed by atoms with E-state index in [1.54, 1.807) is 11.0 Å². The van der Waals surface area contributed by atoms with Crippen LogP contribution in [0.25, 0.3) is 10.2 Å². The van der Waals surface area contributed by atoms with Gasteiger partial charge in [0.05, 0.1) is 27.4 Å².